The number of benzene rings is 2. The van der Waals surface area contributed by atoms with E-state index in [1.807, 2.05) is 38.1 Å². The van der Waals surface area contributed by atoms with Crippen molar-refractivity contribution in [1.29, 1.82) is 0 Å². The normalized spacial score (nSPS) is 10.4. The van der Waals surface area contributed by atoms with E-state index in [9.17, 15) is 4.79 Å². The Morgan fingerprint density at radius 2 is 1.94 bits per heavy atom. The van der Waals surface area contributed by atoms with E-state index >= 15 is 0 Å². The van der Waals surface area contributed by atoms with Gasteiger partial charge in [0.2, 0.25) is 0 Å². The van der Waals surface area contributed by atoms with Gasteiger partial charge in [0.1, 0.15) is 0 Å². The summed E-state index contributed by atoms with van der Waals surface area (Å²) >= 11 is 6.03. The molecule has 18 heavy (non-hydrogen) atoms. The molecule has 0 spiro atoms. The van der Waals surface area contributed by atoms with E-state index in [4.69, 9.17) is 17.3 Å². The smallest absolute Gasteiger partial charge is 0.150 e. The molecule has 0 bridgehead atoms. The largest absolute Gasteiger partial charge is 0.397 e. The maximum absolute atomic E-state index is 11.2. The SMILES string of the molecule is Cc1cc(C)c(-c2cccc(Cl)c2N)c(C=O)c1. The van der Waals surface area contributed by atoms with Crippen LogP contribution in [-0.2, 0) is 0 Å². The Hall–Kier alpha value is -1.80. The highest BCUT2D eigenvalue weighted by molar-refractivity contribution is 6.33. The van der Waals surface area contributed by atoms with E-state index in [0.29, 0.717) is 16.3 Å². The summed E-state index contributed by atoms with van der Waals surface area (Å²) in [5.41, 5.74) is 10.9. The number of anilines is 1. The van der Waals surface area contributed by atoms with Crippen molar-refractivity contribution in [1.82, 2.24) is 0 Å². The molecule has 0 saturated heterocycles. The summed E-state index contributed by atoms with van der Waals surface area (Å²) < 4.78 is 0. The molecule has 3 heteroatoms. The first kappa shape index (κ1) is 12.7. The summed E-state index contributed by atoms with van der Waals surface area (Å²) in [4.78, 5) is 11.2. The molecule has 92 valence electrons. The van der Waals surface area contributed by atoms with Crippen molar-refractivity contribution in [2.75, 3.05) is 5.73 Å². The van der Waals surface area contributed by atoms with E-state index in [0.717, 1.165) is 28.5 Å². The van der Waals surface area contributed by atoms with Gasteiger partial charge in [-0.3, -0.25) is 4.79 Å². The lowest BCUT2D eigenvalue weighted by molar-refractivity contribution is 0.112. The first-order valence-electron chi connectivity index (χ1n) is 5.65. The monoisotopic (exact) mass is 259 g/mol. The van der Waals surface area contributed by atoms with Gasteiger partial charge in [-0.1, -0.05) is 35.4 Å². The molecule has 0 aliphatic heterocycles. The minimum atomic E-state index is 0.504. The Morgan fingerprint density at radius 1 is 1.22 bits per heavy atom. The number of carbonyl (C=O) groups is 1. The molecule has 0 aliphatic carbocycles. The molecule has 0 saturated carbocycles. The maximum atomic E-state index is 11.2. The Kier molecular flexibility index (Phi) is 3.39. The molecule has 0 aromatic heterocycles. The van der Waals surface area contributed by atoms with Crippen LogP contribution in [0.5, 0.6) is 0 Å². The second-order valence-corrected chi connectivity index (χ2v) is 4.77. The number of aryl methyl sites for hydroxylation is 2. The molecule has 2 nitrogen and oxygen atoms in total. The number of halogens is 1. The second kappa shape index (κ2) is 4.83. The molecule has 2 N–H and O–H groups in total. The van der Waals surface area contributed by atoms with Gasteiger partial charge in [0, 0.05) is 11.1 Å². The average Bonchev–Trinajstić information content (AvgIpc) is 2.32. The summed E-state index contributed by atoms with van der Waals surface area (Å²) in [5.74, 6) is 0. The van der Waals surface area contributed by atoms with Crippen molar-refractivity contribution >= 4 is 23.6 Å². The number of aldehydes is 1. The van der Waals surface area contributed by atoms with Gasteiger partial charge in [0.25, 0.3) is 0 Å². The standard InChI is InChI=1S/C15H14ClNO/c1-9-6-10(2)14(11(7-9)8-18)12-4-3-5-13(16)15(12)17/h3-8H,17H2,1-2H3. The van der Waals surface area contributed by atoms with E-state index in [-0.39, 0.29) is 0 Å². The fourth-order valence-corrected chi connectivity index (χ4v) is 2.39. The lowest BCUT2D eigenvalue weighted by atomic mass is 9.93. The Balaban J connectivity index is 2.78. The predicted molar refractivity (Wildman–Crippen MR) is 76.2 cm³/mol. The third-order valence-electron chi connectivity index (χ3n) is 2.96. The molecule has 0 aliphatic rings. The van der Waals surface area contributed by atoms with Crippen LogP contribution in [0.2, 0.25) is 5.02 Å². The van der Waals surface area contributed by atoms with Gasteiger partial charge >= 0.3 is 0 Å². The minimum absolute atomic E-state index is 0.504. The second-order valence-electron chi connectivity index (χ2n) is 4.36. The first-order valence-corrected chi connectivity index (χ1v) is 6.03. The van der Waals surface area contributed by atoms with Crippen molar-refractivity contribution in [3.05, 3.63) is 52.0 Å². The van der Waals surface area contributed by atoms with Crippen molar-refractivity contribution in [3.8, 4) is 11.1 Å². The first-order chi connectivity index (χ1) is 8.54. The van der Waals surface area contributed by atoms with E-state index in [1.165, 1.54) is 0 Å². The number of nitrogen functional groups attached to an aromatic ring is 1. The van der Waals surface area contributed by atoms with Gasteiger partial charge in [-0.2, -0.15) is 0 Å². The Bertz CT molecular complexity index is 620. The lowest BCUT2D eigenvalue weighted by Gasteiger charge is -2.13. The van der Waals surface area contributed by atoms with E-state index in [2.05, 4.69) is 0 Å². The quantitative estimate of drug-likeness (QED) is 0.654. The van der Waals surface area contributed by atoms with Crippen LogP contribution in [0.4, 0.5) is 5.69 Å². The highest BCUT2D eigenvalue weighted by Gasteiger charge is 2.13. The van der Waals surface area contributed by atoms with Gasteiger partial charge in [0.05, 0.1) is 10.7 Å². The summed E-state index contributed by atoms with van der Waals surface area (Å²) in [6, 6.07) is 9.34. The minimum Gasteiger partial charge on any atom is -0.397 e. The fraction of sp³-hybridized carbons (Fsp3) is 0.133. The highest BCUT2D eigenvalue weighted by atomic mass is 35.5. The maximum Gasteiger partial charge on any atom is 0.150 e. The lowest BCUT2D eigenvalue weighted by Crippen LogP contribution is -1.97. The van der Waals surface area contributed by atoms with Gasteiger partial charge < -0.3 is 5.73 Å². The van der Waals surface area contributed by atoms with E-state index < -0.39 is 0 Å². The topological polar surface area (TPSA) is 43.1 Å². The zero-order chi connectivity index (χ0) is 13.3. The van der Waals surface area contributed by atoms with Gasteiger partial charge in [0.15, 0.2) is 6.29 Å². The van der Waals surface area contributed by atoms with Gasteiger partial charge in [-0.15, -0.1) is 0 Å². The summed E-state index contributed by atoms with van der Waals surface area (Å²) in [6.45, 7) is 3.93. The summed E-state index contributed by atoms with van der Waals surface area (Å²) in [5, 5.41) is 0.504. The van der Waals surface area contributed by atoms with Crippen molar-refractivity contribution in [2.24, 2.45) is 0 Å². The van der Waals surface area contributed by atoms with Crippen LogP contribution in [-0.4, -0.2) is 6.29 Å². The third kappa shape index (κ3) is 2.12. The number of para-hydroxylation sites is 1. The zero-order valence-corrected chi connectivity index (χ0v) is 11.1. The molecule has 0 fully saturated rings. The zero-order valence-electron chi connectivity index (χ0n) is 10.3. The third-order valence-corrected chi connectivity index (χ3v) is 3.29. The molecule has 0 amide bonds. The summed E-state index contributed by atoms with van der Waals surface area (Å²) in [7, 11) is 0. The molecule has 0 atom stereocenters. The fourth-order valence-electron chi connectivity index (χ4n) is 2.22. The predicted octanol–water partition coefficient (Wildman–Crippen LogP) is 4.02. The van der Waals surface area contributed by atoms with Crippen LogP contribution in [0.25, 0.3) is 11.1 Å². The number of hydrogen-bond acceptors (Lipinski definition) is 2. The molecular weight excluding hydrogens is 246 g/mol. The summed E-state index contributed by atoms with van der Waals surface area (Å²) in [6.07, 6.45) is 0.857. The van der Waals surface area contributed by atoms with Crippen LogP contribution in [0.1, 0.15) is 21.5 Å². The van der Waals surface area contributed by atoms with Crippen LogP contribution in [0, 0.1) is 13.8 Å². The van der Waals surface area contributed by atoms with Crippen LogP contribution >= 0.6 is 11.6 Å². The van der Waals surface area contributed by atoms with Crippen molar-refractivity contribution < 1.29 is 4.79 Å². The average molecular weight is 260 g/mol. The highest BCUT2D eigenvalue weighted by Crippen LogP contribution is 2.35. The molecule has 0 unspecified atom stereocenters. The Morgan fingerprint density at radius 3 is 2.61 bits per heavy atom. The van der Waals surface area contributed by atoms with Crippen LogP contribution in [0.15, 0.2) is 30.3 Å². The Labute approximate surface area is 111 Å². The van der Waals surface area contributed by atoms with Gasteiger partial charge in [-0.25, -0.2) is 0 Å². The molecule has 2 aromatic rings. The number of nitrogens with two attached hydrogens (primary N) is 1. The van der Waals surface area contributed by atoms with Crippen molar-refractivity contribution in [3.63, 3.8) is 0 Å². The molecule has 0 radical (unpaired) electrons. The number of carbonyl (C=O) groups excluding carboxylic acids is 1. The van der Waals surface area contributed by atoms with E-state index in [1.54, 1.807) is 6.07 Å². The van der Waals surface area contributed by atoms with Crippen molar-refractivity contribution in [2.45, 2.75) is 13.8 Å². The molecular formula is C15H14ClNO. The van der Waals surface area contributed by atoms with Gasteiger partial charge in [-0.05, 0) is 37.1 Å². The molecule has 2 rings (SSSR count). The number of rotatable bonds is 2. The molecule has 2 aromatic carbocycles. The molecule has 0 heterocycles. The van der Waals surface area contributed by atoms with Crippen LogP contribution in [0.3, 0.4) is 0 Å². The van der Waals surface area contributed by atoms with Crippen LogP contribution < -0.4 is 5.73 Å². The number of hydrogen-bond donors (Lipinski definition) is 1.